The SMILES string of the molecule is CCOc1ccc(-c2nc(CO)c(CC)s2)cc1OC. The highest BCUT2D eigenvalue weighted by atomic mass is 32.1. The molecule has 1 N–H and O–H groups in total. The van der Waals surface area contributed by atoms with Crippen molar-refractivity contribution in [2.24, 2.45) is 0 Å². The maximum atomic E-state index is 9.32. The van der Waals surface area contributed by atoms with Crippen LogP contribution in [-0.2, 0) is 13.0 Å². The highest BCUT2D eigenvalue weighted by Crippen LogP contribution is 2.35. The van der Waals surface area contributed by atoms with Gasteiger partial charge < -0.3 is 14.6 Å². The molecule has 2 aromatic rings. The number of benzene rings is 1. The van der Waals surface area contributed by atoms with Crippen LogP contribution >= 0.6 is 11.3 Å². The van der Waals surface area contributed by atoms with Crippen LogP contribution in [0.1, 0.15) is 24.4 Å². The number of hydrogen-bond acceptors (Lipinski definition) is 5. The van der Waals surface area contributed by atoms with Gasteiger partial charge in [0.1, 0.15) is 5.01 Å². The van der Waals surface area contributed by atoms with Crippen LogP contribution in [-0.4, -0.2) is 23.8 Å². The monoisotopic (exact) mass is 293 g/mol. The van der Waals surface area contributed by atoms with Crippen LogP contribution in [0.5, 0.6) is 11.5 Å². The summed E-state index contributed by atoms with van der Waals surface area (Å²) >= 11 is 1.61. The molecule has 0 spiro atoms. The molecule has 0 unspecified atom stereocenters. The molecule has 1 aromatic heterocycles. The van der Waals surface area contributed by atoms with E-state index in [-0.39, 0.29) is 6.61 Å². The first kappa shape index (κ1) is 14.8. The van der Waals surface area contributed by atoms with Crippen LogP contribution in [0.4, 0.5) is 0 Å². The van der Waals surface area contributed by atoms with Crippen LogP contribution in [0.2, 0.25) is 0 Å². The molecule has 5 heteroatoms. The predicted octanol–water partition coefficient (Wildman–Crippen LogP) is 3.27. The molecule has 0 atom stereocenters. The summed E-state index contributed by atoms with van der Waals surface area (Å²) < 4.78 is 10.9. The third-order valence-corrected chi connectivity index (χ3v) is 4.25. The summed E-state index contributed by atoms with van der Waals surface area (Å²) in [6, 6.07) is 5.78. The van der Waals surface area contributed by atoms with E-state index in [0.29, 0.717) is 12.4 Å². The second-order valence-corrected chi connectivity index (χ2v) is 5.28. The first-order valence-corrected chi connectivity index (χ1v) is 7.45. The van der Waals surface area contributed by atoms with Crippen LogP contribution in [0.15, 0.2) is 18.2 Å². The Morgan fingerprint density at radius 3 is 2.60 bits per heavy atom. The van der Waals surface area contributed by atoms with Gasteiger partial charge in [0, 0.05) is 10.4 Å². The molecule has 20 heavy (non-hydrogen) atoms. The third kappa shape index (κ3) is 2.94. The van der Waals surface area contributed by atoms with E-state index in [4.69, 9.17) is 9.47 Å². The Labute approximate surface area is 123 Å². The van der Waals surface area contributed by atoms with Crippen molar-refractivity contribution in [3.63, 3.8) is 0 Å². The van der Waals surface area contributed by atoms with E-state index in [1.807, 2.05) is 25.1 Å². The Morgan fingerprint density at radius 1 is 1.25 bits per heavy atom. The molecular weight excluding hydrogens is 274 g/mol. The fourth-order valence-corrected chi connectivity index (χ4v) is 2.99. The summed E-state index contributed by atoms with van der Waals surface area (Å²) in [6.45, 7) is 4.58. The second-order valence-electron chi connectivity index (χ2n) is 4.20. The molecule has 4 nitrogen and oxygen atoms in total. The highest BCUT2D eigenvalue weighted by molar-refractivity contribution is 7.15. The van der Waals surface area contributed by atoms with Crippen molar-refractivity contribution in [1.29, 1.82) is 0 Å². The molecular formula is C15H19NO3S. The molecule has 0 saturated heterocycles. The second kappa shape index (κ2) is 6.72. The van der Waals surface area contributed by atoms with Gasteiger partial charge in [0.25, 0.3) is 0 Å². The van der Waals surface area contributed by atoms with E-state index in [2.05, 4.69) is 11.9 Å². The van der Waals surface area contributed by atoms with Crippen LogP contribution in [0, 0.1) is 0 Å². The largest absolute Gasteiger partial charge is 0.493 e. The van der Waals surface area contributed by atoms with Crippen molar-refractivity contribution in [3.05, 3.63) is 28.8 Å². The van der Waals surface area contributed by atoms with Gasteiger partial charge in [-0.1, -0.05) is 6.92 Å². The summed E-state index contributed by atoms with van der Waals surface area (Å²) in [7, 11) is 1.63. The van der Waals surface area contributed by atoms with Crippen LogP contribution in [0.25, 0.3) is 10.6 Å². The predicted molar refractivity (Wildman–Crippen MR) is 80.6 cm³/mol. The van der Waals surface area contributed by atoms with Gasteiger partial charge in [0.2, 0.25) is 0 Å². The Hall–Kier alpha value is -1.59. The molecule has 0 aliphatic carbocycles. The van der Waals surface area contributed by atoms with Crippen LogP contribution < -0.4 is 9.47 Å². The Morgan fingerprint density at radius 2 is 2.05 bits per heavy atom. The summed E-state index contributed by atoms with van der Waals surface area (Å²) in [4.78, 5) is 5.61. The van der Waals surface area contributed by atoms with E-state index in [0.717, 1.165) is 33.3 Å². The molecule has 1 aromatic carbocycles. The number of methoxy groups -OCH3 is 1. The van der Waals surface area contributed by atoms with E-state index in [9.17, 15) is 5.11 Å². The molecule has 1 heterocycles. The molecule has 0 aliphatic heterocycles. The number of hydrogen-bond donors (Lipinski definition) is 1. The van der Waals surface area contributed by atoms with Gasteiger partial charge in [0.15, 0.2) is 11.5 Å². The summed E-state index contributed by atoms with van der Waals surface area (Å²) in [5.74, 6) is 1.43. The fourth-order valence-electron chi connectivity index (χ4n) is 1.98. The number of rotatable bonds is 6. The van der Waals surface area contributed by atoms with Gasteiger partial charge in [-0.25, -0.2) is 4.98 Å². The number of aryl methyl sites for hydroxylation is 1. The quantitative estimate of drug-likeness (QED) is 0.888. The Kier molecular flexibility index (Phi) is 4.98. The van der Waals surface area contributed by atoms with E-state index in [1.54, 1.807) is 18.4 Å². The number of ether oxygens (including phenoxy) is 2. The number of aromatic nitrogens is 1. The van der Waals surface area contributed by atoms with Gasteiger partial charge in [-0.15, -0.1) is 11.3 Å². The molecule has 0 amide bonds. The maximum absolute atomic E-state index is 9.32. The molecule has 0 saturated carbocycles. The highest BCUT2D eigenvalue weighted by Gasteiger charge is 2.13. The fraction of sp³-hybridized carbons (Fsp3) is 0.400. The standard InChI is InChI=1S/C15H19NO3S/c1-4-14-11(9-17)16-15(20-14)10-6-7-12(19-5-2)13(8-10)18-3/h6-8,17H,4-5,9H2,1-3H3. The number of nitrogens with zero attached hydrogens (tertiary/aromatic N) is 1. The smallest absolute Gasteiger partial charge is 0.161 e. The molecule has 0 aliphatic rings. The lowest BCUT2D eigenvalue weighted by atomic mass is 10.2. The van der Waals surface area contributed by atoms with Gasteiger partial charge >= 0.3 is 0 Å². The first-order valence-electron chi connectivity index (χ1n) is 6.64. The van der Waals surface area contributed by atoms with Crippen molar-refractivity contribution >= 4 is 11.3 Å². The minimum Gasteiger partial charge on any atom is -0.493 e. The van der Waals surface area contributed by atoms with Gasteiger partial charge in [-0.3, -0.25) is 0 Å². The minimum absolute atomic E-state index is 0.0200. The van der Waals surface area contributed by atoms with Gasteiger partial charge in [-0.2, -0.15) is 0 Å². The van der Waals surface area contributed by atoms with Crippen molar-refractivity contribution < 1.29 is 14.6 Å². The lowest BCUT2D eigenvalue weighted by molar-refractivity contribution is 0.276. The molecule has 108 valence electrons. The summed E-state index contributed by atoms with van der Waals surface area (Å²) in [5.41, 5.74) is 1.74. The molecule has 0 fully saturated rings. The lowest BCUT2D eigenvalue weighted by Crippen LogP contribution is -1.95. The van der Waals surface area contributed by atoms with Gasteiger partial charge in [-0.05, 0) is 31.5 Å². The van der Waals surface area contributed by atoms with E-state index in [1.165, 1.54) is 0 Å². The first-order chi connectivity index (χ1) is 9.73. The zero-order chi connectivity index (χ0) is 14.5. The van der Waals surface area contributed by atoms with Crippen molar-refractivity contribution in [2.75, 3.05) is 13.7 Å². The summed E-state index contributed by atoms with van der Waals surface area (Å²) in [5, 5.41) is 10.2. The van der Waals surface area contributed by atoms with Crippen molar-refractivity contribution in [2.45, 2.75) is 26.9 Å². The zero-order valence-corrected chi connectivity index (χ0v) is 12.8. The molecule has 2 rings (SSSR count). The minimum atomic E-state index is -0.0200. The van der Waals surface area contributed by atoms with E-state index < -0.39 is 0 Å². The number of aliphatic hydroxyl groups excluding tert-OH is 1. The van der Waals surface area contributed by atoms with Crippen molar-refractivity contribution in [3.8, 4) is 22.1 Å². The topological polar surface area (TPSA) is 51.6 Å². The van der Waals surface area contributed by atoms with E-state index >= 15 is 0 Å². The number of thiazole rings is 1. The normalized spacial score (nSPS) is 10.6. The van der Waals surface area contributed by atoms with Crippen molar-refractivity contribution in [1.82, 2.24) is 4.98 Å². The molecule has 0 bridgehead atoms. The Balaban J connectivity index is 2.39. The average molecular weight is 293 g/mol. The zero-order valence-electron chi connectivity index (χ0n) is 12.0. The third-order valence-electron chi connectivity index (χ3n) is 2.96. The lowest BCUT2D eigenvalue weighted by Gasteiger charge is -2.09. The van der Waals surface area contributed by atoms with Crippen LogP contribution in [0.3, 0.4) is 0 Å². The summed E-state index contributed by atoms with van der Waals surface area (Å²) in [6.07, 6.45) is 0.877. The average Bonchev–Trinajstić information content (AvgIpc) is 2.91. The maximum Gasteiger partial charge on any atom is 0.161 e. The Bertz CT molecular complexity index is 559. The van der Waals surface area contributed by atoms with Gasteiger partial charge in [0.05, 0.1) is 26.0 Å². The number of aliphatic hydroxyl groups is 1. The molecule has 0 radical (unpaired) electrons.